The number of rotatable bonds is 5. The van der Waals surface area contributed by atoms with Gasteiger partial charge >= 0.3 is 0 Å². The molecule has 0 fully saturated rings. The first-order valence-electron chi connectivity index (χ1n) is 5.76. The number of thiazole rings is 1. The Bertz CT molecular complexity index is 513. The molecule has 4 nitrogen and oxygen atoms in total. The third-order valence-corrected chi connectivity index (χ3v) is 4.09. The van der Waals surface area contributed by atoms with Crippen LogP contribution in [-0.4, -0.2) is 16.9 Å². The monoisotopic (exact) mass is 317 g/mol. The van der Waals surface area contributed by atoms with Gasteiger partial charge in [0.1, 0.15) is 0 Å². The molecule has 1 amide bonds. The predicted octanol–water partition coefficient (Wildman–Crippen LogP) is 3.36. The summed E-state index contributed by atoms with van der Waals surface area (Å²) in [7, 11) is 0. The number of thiophene rings is 1. The quantitative estimate of drug-likeness (QED) is 0.888. The summed E-state index contributed by atoms with van der Waals surface area (Å²) in [6, 6.07) is 3.53. The lowest BCUT2D eigenvalue weighted by atomic mass is 10.2. The number of aromatic nitrogens is 1. The third kappa shape index (κ3) is 4.28. The molecule has 0 aliphatic rings. The van der Waals surface area contributed by atoms with Crippen LogP contribution >= 0.6 is 35.1 Å². The van der Waals surface area contributed by atoms with E-state index < -0.39 is 6.04 Å². The van der Waals surface area contributed by atoms with Crippen molar-refractivity contribution in [2.24, 2.45) is 5.73 Å². The molecule has 0 bridgehead atoms. The molecule has 19 heavy (non-hydrogen) atoms. The van der Waals surface area contributed by atoms with Gasteiger partial charge in [0.15, 0.2) is 5.13 Å². The smallest absolute Gasteiger partial charge is 0.243 e. The summed E-state index contributed by atoms with van der Waals surface area (Å²) in [6.45, 7) is 2.01. The summed E-state index contributed by atoms with van der Waals surface area (Å²) in [4.78, 5) is 17.2. The second kappa shape index (κ2) is 7.59. The van der Waals surface area contributed by atoms with Crippen molar-refractivity contribution in [2.45, 2.75) is 25.8 Å². The molecule has 2 rings (SSSR count). The fourth-order valence-corrected chi connectivity index (χ4v) is 2.98. The van der Waals surface area contributed by atoms with Crippen LogP contribution in [0.25, 0.3) is 10.6 Å². The third-order valence-electron chi connectivity index (χ3n) is 2.44. The average molecular weight is 318 g/mol. The molecule has 0 saturated carbocycles. The van der Waals surface area contributed by atoms with E-state index in [1.807, 2.05) is 29.8 Å². The van der Waals surface area contributed by atoms with E-state index in [-0.39, 0.29) is 18.3 Å². The number of carbonyl (C=O) groups is 1. The fourth-order valence-electron chi connectivity index (χ4n) is 1.51. The number of halogens is 1. The van der Waals surface area contributed by atoms with Crippen molar-refractivity contribution in [1.29, 1.82) is 0 Å². The van der Waals surface area contributed by atoms with Gasteiger partial charge in [-0.3, -0.25) is 4.79 Å². The zero-order chi connectivity index (χ0) is 13.0. The van der Waals surface area contributed by atoms with Gasteiger partial charge < -0.3 is 11.1 Å². The lowest BCUT2D eigenvalue weighted by Crippen LogP contribution is -2.35. The van der Waals surface area contributed by atoms with Crippen LogP contribution in [0.4, 0.5) is 5.13 Å². The van der Waals surface area contributed by atoms with Crippen LogP contribution in [0.3, 0.4) is 0 Å². The zero-order valence-corrected chi connectivity index (χ0v) is 12.9. The van der Waals surface area contributed by atoms with E-state index in [1.165, 1.54) is 11.3 Å². The number of nitrogens with two attached hydrogens (primary N) is 1. The van der Waals surface area contributed by atoms with Gasteiger partial charge in [-0.25, -0.2) is 4.98 Å². The highest BCUT2D eigenvalue weighted by atomic mass is 35.5. The second-order valence-corrected chi connectivity index (χ2v) is 5.71. The molecule has 0 radical (unpaired) electrons. The highest BCUT2D eigenvalue weighted by Crippen LogP contribution is 2.28. The van der Waals surface area contributed by atoms with Crippen molar-refractivity contribution in [3.8, 4) is 10.6 Å². The SMILES string of the molecule is CCCC(N)C(=O)Nc1nc(-c2cccs2)cs1.Cl. The van der Waals surface area contributed by atoms with E-state index in [0.29, 0.717) is 11.6 Å². The summed E-state index contributed by atoms with van der Waals surface area (Å²) in [5.74, 6) is -0.163. The van der Waals surface area contributed by atoms with Crippen molar-refractivity contribution in [3.05, 3.63) is 22.9 Å². The molecule has 0 saturated heterocycles. The van der Waals surface area contributed by atoms with E-state index in [1.54, 1.807) is 11.3 Å². The van der Waals surface area contributed by atoms with Crippen molar-refractivity contribution >= 4 is 46.1 Å². The molecular formula is C12H16ClN3OS2. The van der Waals surface area contributed by atoms with E-state index in [9.17, 15) is 4.79 Å². The number of nitrogens with zero attached hydrogens (tertiary/aromatic N) is 1. The van der Waals surface area contributed by atoms with E-state index in [4.69, 9.17) is 5.73 Å². The Morgan fingerprint density at radius 1 is 1.53 bits per heavy atom. The molecule has 1 unspecified atom stereocenters. The molecule has 104 valence electrons. The minimum atomic E-state index is -0.455. The first kappa shape index (κ1) is 16.1. The first-order chi connectivity index (χ1) is 8.70. The van der Waals surface area contributed by atoms with Gasteiger partial charge in [-0.1, -0.05) is 19.4 Å². The van der Waals surface area contributed by atoms with E-state index >= 15 is 0 Å². The van der Waals surface area contributed by atoms with Crippen molar-refractivity contribution in [2.75, 3.05) is 5.32 Å². The van der Waals surface area contributed by atoms with Crippen molar-refractivity contribution in [3.63, 3.8) is 0 Å². The van der Waals surface area contributed by atoms with Gasteiger partial charge in [-0.05, 0) is 17.9 Å². The molecule has 0 aliphatic heterocycles. The lowest BCUT2D eigenvalue weighted by molar-refractivity contribution is -0.117. The van der Waals surface area contributed by atoms with Gasteiger partial charge in [0.25, 0.3) is 0 Å². The van der Waals surface area contributed by atoms with Crippen LogP contribution in [0, 0.1) is 0 Å². The number of hydrogen-bond donors (Lipinski definition) is 2. The largest absolute Gasteiger partial charge is 0.320 e. The average Bonchev–Trinajstić information content (AvgIpc) is 2.98. The highest BCUT2D eigenvalue weighted by molar-refractivity contribution is 7.16. The van der Waals surface area contributed by atoms with Gasteiger partial charge in [-0.15, -0.1) is 35.1 Å². The van der Waals surface area contributed by atoms with Crippen LogP contribution in [0.2, 0.25) is 0 Å². The molecule has 0 aromatic carbocycles. The maximum atomic E-state index is 11.7. The molecule has 2 aromatic heterocycles. The predicted molar refractivity (Wildman–Crippen MR) is 84.2 cm³/mol. The summed E-state index contributed by atoms with van der Waals surface area (Å²) in [5, 5.41) is 7.30. The highest BCUT2D eigenvalue weighted by Gasteiger charge is 2.14. The molecule has 0 spiro atoms. The Labute approximate surface area is 126 Å². The molecule has 1 atom stereocenters. The number of carbonyl (C=O) groups excluding carboxylic acids is 1. The summed E-state index contributed by atoms with van der Waals surface area (Å²) >= 11 is 3.05. The van der Waals surface area contributed by atoms with Crippen LogP contribution < -0.4 is 11.1 Å². The van der Waals surface area contributed by atoms with Crippen LogP contribution in [0.15, 0.2) is 22.9 Å². The Morgan fingerprint density at radius 3 is 2.95 bits per heavy atom. The Balaban J connectivity index is 0.00000180. The van der Waals surface area contributed by atoms with E-state index in [0.717, 1.165) is 17.0 Å². The van der Waals surface area contributed by atoms with Gasteiger partial charge in [0, 0.05) is 5.38 Å². The number of nitrogens with one attached hydrogen (secondary N) is 1. The zero-order valence-electron chi connectivity index (χ0n) is 10.5. The minimum Gasteiger partial charge on any atom is -0.320 e. The fraction of sp³-hybridized carbons (Fsp3) is 0.333. The molecule has 0 aliphatic carbocycles. The Kier molecular flexibility index (Phi) is 6.44. The molecule has 2 aromatic rings. The molecule has 7 heteroatoms. The van der Waals surface area contributed by atoms with Crippen LogP contribution in [0.1, 0.15) is 19.8 Å². The first-order valence-corrected chi connectivity index (χ1v) is 7.52. The Morgan fingerprint density at radius 2 is 2.32 bits per heavy atom. The van der Waals surface area contributed by atoms with Gasteiger partial charge in [0.2, 0.25) is 5.91 Å². The summed E-state index contributed by atoms with van der Waals surface area (Å²) < 4.78 is 0. The van der Waals surface area contributed by atoms with Crippen molar-refractivity contribution < 1.29 is 4.79 Å². The number of amides is 1. The molecular weight excluding hydrogens is 302 g/mol. The maximum Gasteiger partial charge on any atom is 0.243 e. The standard InChI is InChI=1S/C12H15N3OS2.ClH/c1-2-4-8(13)11(16)15-12-14-9(7-18-12)10-5-3-6-17-10;/h3,5-8H,2,4,13H2,1H3,(H,14,15,16);1H. The minimum absolute atomic E-state index is 0. The van der Waals surface area contributed by atoms with E-state index in [2.05, 4.69) is 10.3 Å². The topological polar surface area (TPSA) is 68.0 Å². The maximum absolute atomic E-state index is 11.7. The van der Waals surface area contributed by atoms with Crippen LogP contribution in [-0.2, 0) is 4.79 Å². The summed E-state index contributed by atoms with van der Waals surface area (Å²) in [6.07, 6.45) is 1.59. The van der Waals surface area contributed by atoms with Crippen molar-refractivity contribution in [1.82, 2.24) is 4.98 Å². The Hall–Kier alpha value is -0.950. The lowest BCUT2D eigenvalue weighted by Gasteiger charge is -2.08. The molecule has 3 N–H and O–H groups in total. The number of anilines is 1. The second-order valence-electron chi connectivity index (χ2n) is 3.90. The van der Waals surface area contributed by atoms with Crippen LogP contribution in [0.5, 0.6) is 0 Å². The van der Waals surface area contributed by atoms with Gasteiger partial charge in [0.05, 0.1) is 16.6 Å². The number of hydrogen-bond acceptors (Lipinski definition) is 5. The normalized spacial score (nSPS) is 11.7. The molecule has 2 heterocycles. The van der Waals surface area contributed by atoms with Gasteiger partial charge in [-0.2, -0.15) is 0 Å². The summed E-state index contributed by atoms with van der Waals surface area (Å²) in [5.41, 5.74) is 6.64.